The van der Waals surface area contributed by atoms with E-state index in [2.05, 4.69) is 0 Å². The maximum Gasteiger partial charge on any atom is 0.516 e. The van der Waals surface area contributed by atoms with Gasteiger partial charge in [0.2, 0.25) is 0 Å². The minimum Gasteiger partial charge on any atom is -0.258 e. The van der Waals surface area contributed by atoms with Crippen molar-refractivity contribution in [1.29, 1.82) is 0 Å². The molecule has 0 spiro atoms. The molecule has 4 aliphatic rings. The van der Waals surface area contributed by atoms with E-state index in [4.69, 9.17) is 0 Å². The van der Waals surface area contributed by atoms with Crippen molar-refractivity contribution in [3.63, 3.8) is 0 Å². The third-order valence-electron chi connectivity index (χ3n) is 7.59. The number of sulfonamides is 2. The van der Waals surface area contributed by atoms with Gasteiger partial charge in [-0.3, -0.25) is 8.61 Å². The van der Waals surface area contributed by atoms with Gasteiger partial charge in [0.15, 0.2) is 0 Å². The van der Waals surface area contributed by atoms with Crippen LogP contribution < -0.4 is 0 Å². The Kier molecular flexibility index (Phi) is 6.85. The van der Waals surface area contributed by atoms with Crippen molar-refractivity contribution in [3.05, 3.63) is 131 Å². The molecule has 0 amide bonds. The highest BCUT2D eigenvalue weighted by atomic mass is 32.2. The van der Waals surface area contributed by atoms with E-state index < -0.39 is 43.1 Å². The summed E-state index contributed by atoms with van der Waals surface area (Å²) < 4.78 is 136. The Labute approximate surface area is 248 Å². The highest BCUT2D eigenvalue weighted by Crippen LogP contribution is 2.51. The Balaban J connectivity index is 1.67. The number of fused-ring (bicyclic) bond motifs is 3. The highest BCUT2D eigenvalue weighted by Gasteiger charge is 2.54. The molecular weight excluding hydrogens is 630 g/mol. The van der Waals surface area contributed by atoms with Gasteiger partial charge in [-0.15, -0.1) is 0 Å². The average molecular weight is 651 g/mol. The summed E-state index contributed by atoms with van der Waals surface area (Å²) in [6, 6.07) is 18.1. The zero-order chi connectivity index (χ0) is 31.7. The van der Waals surface area contributed by atoms with E-state index in [1.165, 1.54) is 54.6 Å². The van der Waals surface area contributed by atoms with Crippen LogP contribution in [-0.2, 0) is 20.0 Å². The van der Waals surface area contributed by atoms with Crippen LogP contribution in [0.15, 0.2) is 97.3 Å². The Bertz CT molecular complexity index is 1880. The lowest BCUT2D eigenvalue weighted by Gasteiger charge is -2.35. The van der Waals surface area contributed by atoms with Gasteiger partial charge in [0.25, 0.3) is 0 Å². The van der Waals surface area contributed by atoms with Crippen molar-refractivity contribution in [2.75, 3.05) is 0 Å². The van der Waals surface area contributed by atoms with Crippen molar-refractivity contribution in [2.45, 2.75) is 23.1 Å². The first kappa shape index (κ1) is 29.8. The molecule has 2 aliphatic heterocycles. The maximum absolute atomic E-state index is 14.0. The molecule has 2 atom stereocenters. The van der Waals surface area contributed by atoms with Crippen LogP contribution in [0.1, 0.15) is 45.5 Å². The van der Waals surface area contributed by atoms with Gasteiger partial charge in [-0.1, -0.05) is 78.9 Å². The summed E-state index contributed by atoms with van der Waals surface area (Å²) in [7, 11) is -11.9. The van der Waals surface area contributed by atoms with Crippen molar-refractivity contribution < 1.29 is 43.2 Å². The van der Waals surface area contributed by atoms with E-state index in [0.717, 1.165) is 12.4 Å². The van der Waals surface area contributed by atoms with E-state index in [-0.39, 0.29) is 42.0 Å². The lowest BCUT2D eigenvalue weighted by Crippen LogP contribution is -2.41. The van der Waals surface area contributed by atoms with Crippen LogP contribution in [0.5, 0.6) is 0 Å². The molecule has 0 bridgehead atoms. The lowest BCUT2D eigenvalue weighted by atomic mass is 9.91. The molecule has 44 heavy (non-hydrogen) atoms. The van der Waals surface area contributed by atoms with Crippen LogP contribution in [0, 0.1) is 0 Å². The van der Waals surface area contributed by atoms with Gasteiger partial charge in [-0.2, -0.15) is 43.2 Å². The summed E-state index contributed by atoms with van der Waals surface area (Å²) in [4.78, 5) is 0. The standard InChI is InChI=1S/C30H20F6N2O4S2/c31-29(32,33)43(39,40)37-16-14-19-8-4-6-10-21(19)27(37)25-18-26(24-13-3-1-2-12-23(24)25)28-22-11-7-5-9-20(22)15-17-38(28)44(41,42)30(34,35)36/h1-18,27-28H. The van der Waals surface area contributed by atoms with E-state index in [9.17, 15) is 43.2 Å². The third-order valence-corrected chi connectivity index (χ3v) is 10.5. The van der Waals surface area contributed by atoms with Gasteiger partial charge < -0.3 is 0 Å². The number of alkyl halides is 6. The molecule has 228 valence electrons. The fourth-order valence-electron chi connectivity index (χ4n) is 5.69. The van der Waals surface area contributed by atoms with E-state index in [1.54, 1.807) is 42.5 Å². The van der Waals surface area contributed by atoms with Crippen LogP contribution in [0.3, 0.4) is 0 Å². The fourth-order valence-corrected chi connectivity index (χ4v) is 7.62. The lowest BCUT2D eigenvalue weighted by molar-refractivity contribution is -0.0488. The van der Waals surface area contributed by atoms with Crippen LogP contribution >= 0.6 is 0 Å². The first-order valence-electron chi connectivity index (χ1n) is 12.9. The molecule has 0 saturated heterocycles. The summed E-state index contributed by atoms with van der Waals surface area (Å²) in [5.74, 6) is 0. The van der Waals surface area contributed by atoms with Gasteiger partial charge >= 0.3 is 31.1 Å². The van der Waals surface area contributed by atoms with Gasteiger partial charge in [0.1, 0.15) is 0 Å². The van der Waals surface area contributed by atoms with Gasteiger partial charge in [0, 0.05) is 12.4 Å². The summed E-state index contributed by atoms with van der Waals surface area (Å²) in [6.07, 6.45) is 4.05. The molecule has 2 unspecified atom stereocenters. The predicted molar refractivity (Wildman–Crippen MR) is 151 cm³/mol. The summed E-state index contributed by atoms with van der Waals surface area (Å²) >= 11 is 0. The number of benzene rings is 2. The minimum atomic E-state index is -5.96. The van der Waals surface area contributed by atoms with Crippen LogP contribution in [0.4, 0.5) is 26.3 Å². The molecule has 14 heteroatoms. The summed E-state index contributed by atoms with van der Waals surface area (Å²) in [6.45, 7) is 0. The van der Waals surface area contributed by atoms with E-state index in [1.807, 2.05) is 0 Å². The molecule has 6 nitrogen and oxygen atoms in total. The smallest absolute Gasteiger partial charge is 0.258 e. The highest BCUT2D eigenvalue weighted by molar-refractivity contribution is 7.90. The molecule has 2 aliphatic carbocycles. The molecule has 0 N–H and O–H groups in total. The number of halogens is 6. The summed E-state index contributed by atoms with van der Waals surface area (Å²) in [5.41, 5.74) is -9.64. The van der Waals surface area contributed by atoms with Crippen LogP contribution in [0.25, 0.3) is 23.3 Å². The van der Waals surface area contributed by atoms with Gasteiger partial charge in [0.05, 0.1) is 12.1 Å². The monoisotopic (exact) mass is 650 g/mol. The van der Waals surface area contributed by atoms with Crippen LogP contribution in [0.2, 0.25) is 0 Å². The third kappa shape index (κ3) is 4.54. The second kappa shape index (κ2) is 10.1. The topological polar surface area (TPSA) is 74.8 Å². The van der Waals surface area contributed by atoms with Crippen molar-refractivity contribution in [2.24, 2.45) is 0 Å². The number of hydrogen-bond acceptors (Lipinski definition) is 4. The molecule has 0 radical (unpaired) electrons. The van der Waals surface area contributed by atoms with Crippen molar-refractivity contribution in [1.82, 2.24) is 8.61 Å². The molecule has 6 rings (SSSR count). The minimum absolute atomic E-state index is 0.0206. The van der Waals surface area contributed by atoms with Crippen molar-refractivity contribution >= 4 is 32.2 Å². The van der Waals surface area contributed by atoms with Gasteiger partial charge in [-0.05, 0) is 62.7 Å². The first-order valence-corrected chi connectivity index (χ1v) is 15.8. The molecule has 0 saturated carbocycles. The fraction of sp³-hybridized carbons (Fsp3) is 0.133. The number of nitrogens with zero attached hydrogens (tertiary/aromatic N) is 2. The zero-order valence-electron chi connectivity index (χ0n) is 22.2. The number of hydrogen-bond donors (Lipinski definition) is 0. The Hall–Kier alpha value is -4.30. The second-order valence-corrected chi connectivity index (χ2v) is 13.7. The SMILES string of the molecule is O=S(=O)(N1C=Cc2ccccc2C1c1cc(C2c3ccccc3C=CN2S(=O)(=O)C(F)(F)F)c2cccccc1-2)C(F)(F)F. The molecule has 2 aromatic carbocycles. The van der Waals surface area contributed by atoms with E-state index >= 15 is 0 Å². The molecular formula is C30H20F6N2O4S2. The van der Waals surface area contributed by atoms with E-state index in [0.29, 0.717) is 11.1 Å². The molecule has 0 aromatic heterocycles. The Morgan fingerprint density at radius 2 is 0.864 bits per heavy atom. The quantitative estimate of drug-likeness (QED) is 0.218. The normalized spacial score (nSPS) is 18.8. The Morgan fingerprint density at radius 1 is 0.500 bits per heavy atom. The predicted octanol–water partition coefficient (Wildman–Crippen LogP) is 7.24. The van der Waals surface area contributed by atoms with Crippen molar-refractivity contribution in [3.8, 4) is 11.1 Å². The second-order valence-electron chi connectivity index (χ2n) is 10.0. The van der Waals surface area contributed by atoms with Gasteiger partial charge in [-0.25, -0.2) is 0 Å². The summed E-state index contributed by atoms with van der Waals surface area (Å²) in [5, 5.41) is 0. The first-order chi connectivity index (χ1) is 20.6. The molecule has 0 fully saturated rings. The molecule has 2 heterocycles. The molecule has 2 aromatic rings. The number of rotatable bonds is 4. The average Bonchev–Trinajstić information content (AvgIpc) is 3.13. The Morgan fingerprint density at radius 3 is 1.25 bits per heavy atom. The largest absolute Gasteiger partial charge is 0.516 e. The zero-order valence-corrected chi connectivity index (χ0v) is 23.8. The maximum atomic E-state index is 14.0. The van der Waals surface area contributed by atoms with Crippen LogP contribution in [-0.4, -0.2) is 36.5 Å².